The molecule has 0 bridgehead atoms. The zero-order valence-corrected chi connectivity index (χ0v) is 9.18. The Bertz CT molecular complexity index is 215. The van der Waals surface area contributed by atoms with E-state index in [-0.39, 0.29) is 5.91 Å². The number of allylic oxidation sites excluding steroid dienone is 1. The van der Waals surface area contributed by atoms with E-state index in [1.807, 2.05) is 17.9 Å². The molecule has 1 rings (SSSR count). The number of nitrogens with zero attached hydrogens (tertiary/aromatic N) is 1. The second-order valence-corrected chi connectivity index (χ2v) is 3.69. The Morgan fingerprint density at radius 1 is 1.43 bits per heavy atom. The first kappa shape index (κ1) is 11.2. The molecule has 0 atom stereocenters. The minimum absolute atomic E-state index is 0.204. The molecule has 0 aliphatic carbocycles. The van der Waals surface area contributed by atoms with E-state index in [4.69, 9.17) is 0 Å². The summed E-state index contributed by atoms with van der Waals surface area (Å²) in [5.74, 6) is 0.204. The summed E-state index contributed by atoms with van der Waals surface area (Å²) >= 11 is 0. The molecule has 0 radical (unpaired) electrons. The molecule has 80 valence electrons. The van der Waals surface area contributed by atoms with Gasteiger partial charge in [-0.2, -0.15) is 0 Å². The normalized spacial score (nSPS) is 19.3. The minimum atomic E-state index is 0.204. The van der Waals surface area contributed by atoms with Gasteiger partial charge in [0.25, 0.3) is 0 Å². The molecule has 0 unspecified atom stereocenters. The molecule has 1 amide bonds. The molecular weight excluding hydrogens is 176 g/mol. The third-order valence-electron chi connectivity index (χ3n) is 2.47. The maximum absolute atomic E-state index is 11.9. The van der Waals surface area contributed by atoms with Gasteiger partial charge >= 0.3 is 0 Å². The van der Waals surface area contributed by atoms with Gasteiger partial charge in [-0.15, -0.1) is 0 Å². The topological polar surface area (TPSA) is 32.3 Å². The van der Waals surface area contributed by atoms with Crippen LogP contribution in [0.15, 0.2) is 11.6 Å². The first-order valence-corrected chi connectivity index (χ1v) is 5.42. The van der Waals surface area contributed by atoms with E-state index in [1.165, 1.54) is 0 Å². The van der Waals surface area contributed by atoms with Crippen molar-refractivity contribution >= 4 is 5.91 Å². The van der Waals surface area contributed by atoms with Gasteiger partial charge in [0.15, 0.2) is 0 Å². The second-order valence-electron chi connectivity index (χ2n) is 3.69. The van der Waals surface area contributed by atoms with E-state index < -0.39 is 0 Å². The first-order valence-electron chi connectivity index (χ1n) is 5.42. The molecule has 3 nitrogen and oxygen atoms in total. The van der Waals surface area contributed by atoms with Crippen LogP contribution in [-0.2, 0) is 4.79 Å². The van der Waals surface area contributed by atoms with Crippen molar-refractivity contribution in [1.82, 2.24) is 10.2 Å². The fourth-order valence-electron chi connectivity index (χ4n) is 1.69. The molecule has 1 heterocycles. The fourth-order valence-corrected chi connectivity index (χ4v) is 1.69. The highest BCUT2D eigenvalue weighted by atomic mass is 16.2. The van der Waals surface area contributed by atoms with Crippen molar-refractivity contribution < 1.29 is 4.79 Å². The van der Waals surface area contributed by atoms with Gasteiger partial charge in [-0.3, -0.25) is 4.79 Å². The molecule has 1 aliphatic heterocycles. The Kier molecular flexibility index (Phi) is 4.66. The van der Waals surface area contributed by atoms with Gasteiger partial charge in [-0.1, -0.05) is 13.0 Å². The lowest BCUT2D eigenvalue weighted by atomic mass is 10.2. The first-order chi connectivity index (χ1) is 6.75. The van der Waals surface area contributed by atoms with Gasteiger partial charge in [0.2, 0.25) is 5.91 Å². The molecule has 14 heavy (non-hydrogen) atoms. The number of hydrogen-bond donors (Lipinski definition) is 1. The summed E-state index contributed by atoms with van der Waals surface area (Å²) in [5, 5.41) is 3.29. The lowest BCUT2D eigenvalue weighted by Crippen LogP contribution is -2.34. The monoisotopic (exact) mass is 196 g/mol. The van der Waals surface area contributed by atoms with Gasteiger partial charge in [-0.05, 0) is 26.3 Å². The molecule has 3 heteroatoms. The second kappa shape index (κ2) is 5.81. The number of carbonyl (C=O) groups is 1. The van der Waals surface area contributed by atoms with E-state index in [2.05, 4.69) is 12.2 Å². The smallest absolute Gasteiger partial charge is 0.249 e. The largest absolute Gasteiger partial charge is 0.338 e. The molecule has 0 aromatic rings. The van der Waals surface area contributed by atoms with Crippen molar-refractivity contribution in [3.8, 4) is 0 Å². The standard InChI is InChI=1S/C11H20N2O/c1-3-5-10(2)11(14)13-8-4-6-12-7-9-13/h5,12H,3-4,6-9H2,1-2H3/b10-5+. The summed E-state index contributed by atoms with van der Waals surface area (Å²) in [5.41, 5.74) is 0.884. The summed E-state index contributed by atoms with van der Waals surface area (Å²) in [6.45, 7) is 7.64. The van der Waals surface area contributed by atoms with Crippen LogP contribution in [0.5, 0.6) is 0 Å². The number of hydrogen-bond acceptors (Lipinski definition) is 2. The maximum Gasteiger partial charge on any atom is 0.249 e. The van der Waals surface area contributed by atoms with Crippen LogP contribution in [0.25, 0.3) is 0 Å². The lowest BCUT2D eigenvalue weighted by Gasteiger charge is -2.20. The number of amides is 1. The van der Waals surface area contributed by atoms with E-state index in [9.17, 15) is 4.79 Å². The van der Waals surface area contributed by atoms with Crippen molar-refractivity contribution in [2.45, 2.75) is 26.7 Å². The van der Waals surface area contributed by atoms with Crippen LogP contribution in [0.1, 0.15) is 26.7 Å². The Labute approximate surface area is 86.2 Å². The fraction of sp³-hybridized carbons (Fsp3) is 0.727. The Morgan fingerprint density at radius 2 is 2.21 bits per heavy atom. The highest BCUT2D eigenvalue weighted by molar-refractivity contribution is 5.92. The molecule has 1 fully saturated rings. The molecule has 0 spiro atoms. The van der Waals surface area contributed by atoms with Gasteiger partial charge in [0.1, 0.15) is 0 Å². The predicted octanol–water partition coefficient (Wildman–Crippen LogP) is 1.16. The zero-order valence-electron chi connectivity index (χ0n) is 9.18. The molecule has 1 saturated heterocycles. The van der Waals surface area contributed by atoms with Crippen molar-refractivity contribution in [2.24, 2.45) is 0 Å². The third-order valence-corrected chi connectivity index (χ3v) is 2.47. The van der Waals surface area contributed by atoms with Gasteiger partial charge < -0.3 is 10.2 Å². The molecular formula is C11H20N2O. The zero-order chi connectivity index (χ0) is 10.4. The van der Waals surface area contributed by atoms with Crippen LogP contribution < -0.4 is 5.32 Å². The molecule has 0 aromatic carbocycles. The Hall–Kier alpha value is -0.830. The molecule has 1 N–H and O–H groups in total. The predicted molar refractivity (Wildman–Crippen MR) is 58.1 cm³/mol. The van der Waals surface area contributed by atoms with E-state index in [1.54, 1.807) is 0 Å². The van der Waals surface area contributed by atoms with Crippen molar-refractivity contribution in [3.63, 3.8) is 0 Å². The summed E-state index contributed by atoms with van der Waals surface area (Å²) < 4.78 is 0. The van der Waals surface area contributed by atoms with Gasteiger partial charge in [0, 0.05) is 25.2 Å². The van der Waals surface area contributed by atoms with Gasteiger partial charge in [-0.25, -0.2) is 0 Å². The lowest BCUT2D eigenvalue weighted by molar-refractivity contribution is -0.126. The van der Waals surface area contributed by atoms with Crippen LogP contribution >= 0.6 is 0 Å². The summed E-state index contributed by atoms with van der Waals surface area (Å²) in [6, 6.07) is 0. The highest BCUT2D eigenvalue weighted by Crippen LogP contribution is 2.04. The quantitative estimate of drug-likeness (QED) is 0.672. The van der Waals surface area contributed by atoms with Crippen LogP contribution in [0.3, 0.4) is 0 Å². The highest BCUT2D eigenvalue weighted by Gasteiger charge is 2.15. The van der Waals surface area contributed by atoms with Crippen molar-refractivity contribution in [2.75, 3.05) is 26.2 Å². The Morgan fingerprint density at radius 3 is 2.93 bits per heavy atom. The third kappa shape index (κ3) is 3.14. The summed E-state index contributed by atoms with van der Waals surface area (Å²) in [4.78, 5) is 13.8. The number of rotatable bonds is 2. The van der Waals surface area contributed by atoms with Crippen LogP contribution in [0, 0.1) is 0 Å². The average Bonchev–Trinajstić information content (AvgIpc) is 2.45. The summed E-state index contributed by atoms with van der Waals surface area (Å²) in [7, 11) is 0. The van der Waals surface area contributed by atoms with E-state index in [0.29, 0.717) is 0 Å². The SMILES string of the molecule is CC/C=C(\C)C(=O)N1CCCNCC1. The van der Waals surface area contributed by atoms with E-state index >= 15 is 0 Å². The number of nitrogens with one attached hydrogen (secondary N) is 1. The van der Waals surface area contributed by atoms with Crippen molar-refractivity contribution in [1.29, 1.82) is 0 Å². The molecule has 0 aromatic heterocycles. The molecule has 1 aliphatic rings. The van der Waals surface area contributed by atoms with Crippen LogP contribution in [0.4, 0.5) is 0 Å². The maximum atomic E-state index is 11.9. The average molecular weight is 196 g/mol. The number of carbonyl (C=O) groups excluding carboxylic acids is 1. The van der Waals surface area contributed by atoms with E-state index in [0.717, 1.165) is 44.6 Å². The molecule has 0 saturated carbocycles. The summed E-state index contributed by atoms with van der Waals surface area (Å²) in [6.07, 6.45) is 4.00. The Balaban J connectivity index is 2.53. The minimum Gasteiger partial charge on any atom is -0.338 e. The van der Waals surface area contributed by atoms with Crippen molar-refractivity contribution in [3.05, 3.63) is 11.6 Å². The van der Waals surface area contributed by atoms with Crippen LogP contribution in [-0.4, -0.2) is 37.0 Å². The van der Waals surface area contributed by atoms with Crippen LogP contribution in [0.2, 0.25) is 0 Å². The van der Waals surface area contributed by atoms with Gasteiger partial charge in [0.05, 0.1) is 0 Å².